The number of aliphatic carboxylic acids is 1. The molecule has 2 rings (SSSR count). The summed E-state index contributed by atoms with van der Waals surface area (Å²) in [5, 5.41) is 13.8. The number of pyridine rings is 1. The highest BCUT2D eigenvalue weighted by atomic mass is 32.1. The van der Waals surface area contributed by atoms with Gasteiger partial charge >= 0.3 is 5.97 Å². The van der Waals surface area contributed by atoms with E-state index in [1.807, 2.05) is 17.5 Å². The lowest BCUT2D eigenvalue weighted by Gasteiger charge is -2.17. The summed E-state index contributed by atoms with van der Waals surface area (Å²) in [6, 6.07) is 6.28. The fraction of sp³-hybridized carbons (Fsp3) is 0.267. The van der Waals surface area contributed by atoms with E-state index in [4.69, 9.17) is 0 Å². The van der Waals surface area contributed by atoms with Gasteiger partial charge in [0.2, 0.25) is 5.91 Å². The largest absolute Gasteiger partial charge is 0.480 e. The molecule has 0 saturated heterocycles. The molecule has 0 aliphatic rings. The summed E-state index contributed by atoms with van der Waals surface area (Å²) in [5.41, 5.74) is 0.821. The molecule has 2 heterocycles. The van der Waals surface area contributed by atoms with E-state index in [0.29, 0.717) is 0 Å². The second-order valence-electron chi connectivity index (χ2n) is 4.70. The van der Waals surface area contributed by atoms with Crippen molar-refractivity contribution < 1.29 is 14.7 Å². The highest BCUT2D eigenvalue weighted by molar-refractivity contribution is 7.10. The van der Waals surface area contributed by atoms with Crippen LogP contribution in [0.5, 0.6) is 0 Å². The normalized spacial score (nSPS) is 13.4. The molecule has 21 heavy (non-hydrogen) atoms. The molecule has 0 radical (unpaired) electrons. The maximum absolute atomic E-state index is 12.2. The van der Waals surface area contributed by atoms with Crippen molar-refractivity contribution in [1.82, 2.24) is 10.3 Å². The molecule has 0 spiro atoms. The first-order chi connectivity index (χ1) is 10.1. The van der Waals surface area contributed by atoms with E-state index >= 15 is 0 Å². The second-order valence-corrected chi connectivity index (χ2v) is 5.68. The Hall–Kier alpha value is -2.21. The quantitative estimate of drug-likeness (QED) is 0.856. The van der Waals surface area contributed by atoms with Crippen LogP contribution in [-0.2, 0) is 16.0 Å². The summed E-state index contributed by atoms with van der Waals surface area (Å²) in [7, 11) is 0. The van der Waals surface area contributed by atoms with E-state index in [2.05, 4.69) is 10.3 Å². The van der Waals surface area contributed by atoms with Crippen LogP contribution in [0.15, 0.2) is 42.0 Å². The number of hydrogen-bond acceptors (Lipinski definition) is 4. The van der Waals surface area contributed by atoms with Gasteiger partial charge in [-0.3, -0.25) is 9.78 Å². The number of carbonyl (C=O) groups is 2. The van der Waals surface area contributed by atoms with Crippen LogP contribution in [0.2, 0.25) is 0 Å². The number of carboxylic acids is 1. The lowest BCUT2D eigenvalue weighted by Crippen LogP contribution is -2.43. The molecule has 2 atom stereocenters. The smallest absolute Gasteiger partial charge is 0.326 e. The van der Waals surface area contributed by atoms with Crippen LogP contribution in [0.3, 0.4) is 0 Å². The number of thiophene rings is 1. The van der Waals surface area contributed by atoms with Gasteiger partial charge in [-0.25, -0.2) is 4.79 Å². The lowest BCUT2D eigenvalue weighted by molar-refractivity contribution is -0.141. The molecule has 0 bridgehead atoms. The van der Waals surface area contributed by atoms with E-state index < -0.39 is 12.0 Å². The van der Waals surface area contributed by atoms with E-state index in [1.54, 1.807) is 31.5 Å². The van der Waals surface area contributed by atoms with Crippen LogP contribution < -0.4 is 5.32 Å². The number of aromatic nitrogens is 1. The van der Waals surface area contributed by atoms with Crippen molar-refractivity contribution in [3.8, 4) is 0 Å². The Balaban J connectivity index is 2.03. The van der Waals surface area contributed by atoms with Crippen molar-refractivity contribution in [3.63, 3.8) is 0 Å². The van der Waals surface area contributed by atoms with Gasteiger partial charge in [0.05, 0.1) is 5.92 Å². The average molecular weight is 304 g/mol. The van der Waals surface area contributed by atoms with Gasteiger partial charge in [0.1, 0.15) is 6.04 Å². The highest BCUT2D eigenvalue weighted by Gasteiger charge is 2.24. The van der Waals surface area contributed by atoms with E-state index in [-0.39, 0.29) is 18.2 Å². The van der Waals surface area contributed by atoms with E-state index in [0.717, 1.165) is 10.4 Å². The predicted molar refractivity (Wildman–Crippen MR) is 80.2 cm³/mol. The summed E-state index contributed by atoms with van der Waals surface area (Å²) in [6.45, 7) is 1.77. The topological polar surface area (TPSA) is 79.3 Å². The van der Waals surface area contributed by atoms with Gasteiger partial charge in [0.25, 0.3) is 0 Å². The minimum atomic E-state index is -1.04. The van der Waals surface area contributed by atoms with Gasteiger partial charge in [0, 0.05) is 23.7 Å². The first kappa shape index (κ1) is 15.2. The fourth-order valence-corrected chi connectivity index (χ4v) is 2.70. The zero-order chi connectivity index (χ0) is 15.2. The van der Waals surface area contributed by atoms with Gasteiger partial charge in [0.15, 0.2) is 0 Å². The molecule has 2 N–H and O–H groups in total. The molecule has 2 aromatic heterocycles. The van der Waals surface area contributed by atoms with Crippen molar-refractivity contribution in [3.05, 3.63) is 52.5 Å². The minimum absolute atomic E-state index is 0.237. The Labute approximate surface area is 126 Å². The van der Waals surface area contributed by atoms with Crippen LogP contribution >= 0.6 is 11.3 Å². The summed E-state index contributed by atoms with van der Waals surface area (Å²) < 4.78 is 0. The van der Waals surface area contributed by atoms with Crippen molar-refractivity contribution in [1.29, 1.82) is 0 Å². The molecule has 110 valence electrons. The monoisotopic (exact) mass is 304 g/mol. The molecule has 0 aliphatic heterocycles. The number of carbonyl (C=O) groups excluding carboxylic acids is 1. The van der Waals surface area contributed by atoms with Gasteiger partial charge in [-0.1, -0.05) is 6.07 Å². The van der Waals surface area contributed by atoms with Crippen LogP contribution in [0.4, 0.5) is 0 Å². The molecule has 0 aromatic carbocycles. The third kappa shape index (κ3) is 4.13. The minimum Gasteiger partial charge on any atom is -0.480 e. The Morgan fingerprint density at radius 2 is 2.05 bits per heavy atom. The Morgan fingerprint density at radius 1 is 1.33 bits per heavy atom. The van der Waals surface area contributed by atoms with E-state index in [9.17, 15) is 14.7 Å². The molecule has 1 amide bonds. The predicted octanol–water partition coefficient (Wildman–Crippen LogP) is 2.06. The van der Waals surface area contributed by atoms with Crippen molar-refractivity contribution in [2.75, 3.05) is 0 Å². The lowest BCUT2D eigenvalue weighted by atomic mass is 10.0. The van der Waals surface area contributed by atoms with Crippen LogP contribution in [0.1, 0.15) is 23.3 Å². The fourth-order valence-electron chi connectivity index (χ4n) is 1.92. The maximum atomic E-state index is 12.2. The van der Waals surface area contributed by atoms with Crippen molar-refractivity contribution in [2.45, 2.75) is 25.3 Å². The molecular weight excluding hydrogens is 288 g/mol. The number of nitrogens with one attached hydrogen (secondary N) is 1. The maximum Gasteiger partial charge on any atom is 0.326 e. The summed E-state index contributed by atoms with van der Waals surface area (Å²) in [6.07, 6.45) is 3.44. The summed E-state index contributed by atoms with van der Waals surface area (Å²) >= 11 is 1.48. The SMILES string of the molecule is CC(C(=O)NC(Cc1ccncc1)C(=O)O)c1cccs1. The number of hydrogen-bond donors (Lipinski definition) is 2. The van der Waals surface area contributed by atoms with Gasteiger partial charge in [-0.05, 0) is 36.1 Å². The molecule has 6 heteroatoms. The third-order valence-electron chi connectivity index (χ3n) is 3.17. The van der Waals surface area contributed by atoms with Crippen molar-refractivity contribution >= 4 is 23.2 Å². The van der Waals surface area contributed by atoms with Crippen LogP contribution in [-0.4, -0.2) is 28.0 Å². The van der Waals surface area contributed by atoms with Crippen LogP contribution in [0.25, 0.3) is 0 Å². The number of amides is 1. The van der Waals surface area contributed by atoms with Gasteiger partial charge < -0.3 is 10.4 Å². The van der Waals surface area contributed by atoms with Gasteiger partial charge in [-0.15, -0.1) is 11.3 Å². The number of rotatable bonds is 6. The molecule has 2 unspecified atom stereocenters. The Bertz CT molecular complexity index is 599. The standard InChI is InChI=1S/C15H16N2O3S/c1-10(13-3-2-8-21-13)14(18)17-12(15(19)20)9-11-4-6-16-7-5-11/h2-8,10,12H,9H2,1H3,(H,17,18)(H,19,20). The first-order valence-corrected chi connectivity index (χ1v) is 7.41. The second kappa shape index (κ2) is 6.99. The Morgan fingerprint density at radius 3 is 2.62 bits per heavy atom. The summed E-state index contributed by atoms with van der Waals surface area (Å²) in [4.78, 5) is 28.3. The summed E-state index contributed by atoms with van der Waals surface area (Å²) in [5.74, 6) is -1.68. The number of carboxylic acid groups (broad SMARTS) is 1. The molecule has 5 nitrogen and oxygen atoms in total. The zero-order valence-corrected chi connectivity index (χ0v) is 12.3. The number of nitrogens with zero attached hydrogens (tertiary/aromatic N) is 1. The molecule has 2 aromatic rings. The first-order valence-electron chi connectivity index (χ1n) is 6.53. The molecule has 0 fully saturated rings. The molecule has 0 aliphatic carbocycles. The highest BCUT2D eigenvalue weighted by Crippen LogP contribution is 2.21. The average Bonchev–Trinajstić information content (AvgIpc) is 3.00. The third-order valence-corrected chi connectivity index (χ3v) is 4.22. The van der Waals surface area contributed by atoms with E-state index in [1.165, 1.54) is 11.3 Å². The van der Waals surface area contributed by atoms with Crippen LogP contribution in [0, 0.1) is 0 Å². The van der Waals surface area contributed by atoms with Crippen molar-refractivity contribution in [2.24, 2.45) is 0 Å². The molecular formula is C15H16N2O3S. The van der Waals surface area contributed by atoms with Gasteiger partial charge in [-0.2, -0.15) is 0 Å². The Kier molecular flexibility index (Phi) is 5.05. The molecule has 0 saturated carbocycles. The zero-order valence-electron chi connectivity index (χ0n) is 11.5.